The van der Waals surface area contributed by atoms with E-state index < -0.39 is 5.91 Å². The van der Waals surface area contributed by atoms with Crippen LogP contribution in [-0.4, -0.2) is 41.9 Å². The van der Waals surface area contributed by atoms with Gasteiger partial charge in [-0.1, -0.05) is 6.07 Å². The Balaban J connectivity index is 0.00000176. The summed E-state index contributed by atoms with van der Waals surface area (Å²) in [7, 11) is 1.86. The first-order valence-electron chi connectivity index (χ1n) is 7.47. The molecule has 2 aliphatic heterocycles. The molecule has 5 nitrogen and oxygen atoms in total. The summed E-state index contributed by atoms with van der Waals surface area (Å²) < 4.78 is 0. The van der Waals surface area contributed by atoms with Gasteiger partial charge in [0.25, 0.3) is 5.91 Å². The zero-order chi connectivity index (χ0) is 15.0. The summed E-state index contributed by atoms with van der Waals surface area (Å²) in [5.41, 5.74) is 6.18. The van der Waals surface area contributed by atoms with Crippen LogP contribution in [0.15, 0.2) is 24.3 Å². The number of nitrogens with zero attached hydrogens (tertiary/aromatic N) is 1. The lowest BCUT2D eigenvalue weighted by molar-refractivity contribution is 0.0681. The second-order valence-corrected chi connectivity index (χ2v) is 6.12. The van der Waals surface area contributed by atoms with E-state index in [9.17, 15) is 9.59 Å². The van der Waals surface area contributed by atoms with Crippen LogP contribution < -0.4 is 11.1 Å². The molecule has 2 unspecified atom stereocenters. The molecule has 6 heteroatoms. The first kappa shape index (κ1) is 16.8. The number of carbonyl (C=O) groups is 2. The Morgan fingerprint density at radius 2 is 1.77 bits per heavy atom. The molecule has 0 saturated carbocycles. The second-order valence-electron chi connectivity index (χ2n) is 6.12. The molecule has 0 spiro atoms. The predicted molar refractivity (Wildman–Crippen MR) is 87.3 cm³/mol. The molecule has 2 heterocycles. The maximum absolute atomic E-state index is 12.6. The molecule has 1 aromatic carbocycles. The molecule has 22 heavy (non-hydrogen) atoms. The number of benzene rings is 1. The van der Waals surface area contributed by atoms with Gasteiger partial charge < -0.3 is 16.0 Å². The number of rotatable bonds is 3. The summed E-state index contributed by atoms with van der Waals surface area (Å²) in [6, 6.07) is 8.00. The van der Waals surface area contributed by atoms with Crippen LogP contribution in [0.3, 0.4) is 0 Å². The van der Waals surface area contributed by atoms with Crippen LogP contribution in [0.25, 0.3) is 0 Å². The Labute approximate surface area is 136 Å². The lowest BCUT2D eigenvalue weighted by Gasteiger charge is -2.35. The molecule has 2 bridgehead atoms. The van der Waals surface area contributed by atoms with Crippen molar-refractivity contribution in [2.45, 2.75) is 43.8 Å². The molecular weight excluding hydrogens is 302 g/mol. The summed E-state index contributed by atoms with van der Waals surface area (Å²) in [5, 5.41) is 3.58. The van der Waals surface area contributed by atoms with Gasteiger partial charge in [0, 0.05) is 36.3 Å². The van der Waals surface area contributed by atoms with Gasteiger partial charge >= 0.3 is 0 Å². The van der Waals surface area contributed by atoms with Crippen LogP contribution in [0.1, 0.15) is 46.4 Å². The number of hydrogen-bond acceptors (Lipinski definition) is 3. The molecule has 3 rings (SSSR count). The van der Waals surface area contributed by atoms with Crippen LogP contribution in [0.2, 0.25) is 0 Å². The number of carbonyl (C=O) groups excluding carboxylic acids is 2. The molecule has 0 radical (unpaired) electrons. The van der Waals surface area contributed by atoms with E-state index in [1.807, 2.05) is 11.9 Å². The number of nitrogens with one attached hydrogen (secondary N) is 1. The minimum absolute atomic E-state index is 0. The van der Waals surface area contributed by atoms with E-state index in [4.69, 9.17) is 5.73 Å². The van der Waals surface area contributed by atoms with Crippen molar-refractivity contribution in [2.75, 3.05) is 7.05 Å². The minimum Gasteiger partial charge on any atom is -0.366 e. The molecule has 2 atom stereocenters. The zero-order valence-corrected chi connectivity index (χ0v) is 13.4. The minimum atomic E-state index is -0.507. The Kier molecular flexibility index (Phi) is 5.08. The van der Waals surface area contributed by atoms with E-state index in [-0.39, 0.29) is 24.4 Å². The highest BCUT2D eigenvalue weighted by atomic mass is 35.5. The molecule has 2 amide bonds. The summed E-state index contributed by atoms with van der Waals surface area (Å²) in [6.45, 7) is 0. The third-order valence-electron chi connectivity index (χ3n) is 4.71. The fourth-order valence-electron chi connectivity index (χ4n) is 3.52. The van der Waals surface area contributed by atoms with Crippen LogP contribution in [0, 0.1) is 0 Å². The van der Waals surface area contributed by atoms with E-state index in [0.717, 1.165) is 12.8 Å². The lowest BCUT2D eigenvalue weighted by atomic mass is 9.97. The quantitative estimate of drug-likeness (QED) is 0.886. The maximum Gasteiger partial charge on any atom is 0.253 e. The van der Waals surface area contributed by atoms with Gasteiger partial charge in [-0.15, -0.1) is 12.4 Å². The average molecular weight is 324 g/mol. The fraction of sp³-hybridized carbons (Fsp3) is 0.500. The predicted octanol–water partition coefficient (Wildman–Crippen LogP) is 1.56. The first-order valence-corrected chi connectivity index (χ1v) is 7.47. The third-order valence-corrected chi connectivity index (χ3v) is 4.71. The van der Waals surface area contributed by atoms with Crippen molar-refractivity contribution in [3.8, 4) is 0 Å². The Morgan fingerprint density at radius 3 is 2.36 bits per heavy atom. The van der Waals surface area contributed by atoms with E-state index in [2.05, 4.69) is 5.32 Å². The van der Waals surface area contributed by atoms with Gasteiger partial charge in [-0.25, -0.2) is 0 Å². The highest BCUT2D eigenvalue weighted by Gasteiger charge is 2.36. The van der Waals surface area contributed by atoms with Gasteiger partial charge in [0.05, 0.1) is 0 Å². The van der Waals surface area contributed by atoms with Crippen LogP contribution >= 0.6 is 12.4 Å². The summed E-state index contributed by atoms with van der Waals surface area (Å²) in [5.74, 6) is -0.545. The number of primary amides is 1. The maximum atomic E-state index is 12.6. The molecule has 2 aliphatic rings. The van der Waals surface area contributed by atoms with Crippen LogP contribution in [0.4, 0.5) is 0 Å². The topological polar surface area (TPSA) is 75.4 Å². The van der Waals surface area contributed by atoms with Crippen LogP contribution in [-0.2, 0) is 0 Å². The lowest BCUT2D eigenvalue weighted by Crippen LogP contribution is -2.48. The second kappa shape index (κ2) is 6.67. The smallest absolute Gasteiger partial charge is 0.253 e. The van der Waals surface area contributed by atoms with Crippen molar-refractivity contribution in [1.82, 2.24) is 10.2 Å². The van der Waals surface area contributed by atoms with Crippen molar-refractivity contribution in [2.24, 2.45) is 5.73 Å². The van der Waals surface area contributed by atoms with Gasteiger partial charge in [-0.2, -0.15) is 0 Å². The molecule has 120 valence electrons. The van der Waals surface area contributed by atoms with Crippen LogP contribution in [0.5, 0.6) is 0 Å². The zero-order valence-electron chi connectivity index (χ0n) is 12.6. The summed E-state index contributed by atoms with van der Waals surface area (Å²) in [6.07, 6.45) is 4.43. The molecule has 3 N–H and O–H groups in total. The molecule has 2 saturated heterocycles. The monoisotopic (exact) mass is 323 g/mol. The standard InChI is InChI=1S/C16H21N3O2.ClH/c1-19(14-8-12-5-6-13(9-14)18-12)16(21)11-4-2-3-10(7-11)15(17)20;/h2-4,7,12-14,18H,5-6,8-9H2,1H3,(H2,17,20);1H. The van der Waals surface area contributed by atoms with E-state index in [1.165, 1.54) is 12.8 Å². The number of hydrogen-bond donors (Lipinski definition) is 2. The SMILES string of the molecule is CN(C(=O)c1cccc(C(N)=O)c1)C1CC2CCC(C1)N2.Cl. The van der Waals surface area contributed by atoms with Gasteiger partial charge in [0.1, 0.15) is 0 Å². The highest BCUT2D eigenvalue weighted by molar-refractivity contribution is 5.99. The van der Waals surface area contributed by atoms with Gasteiger partial charge in [-0.05, 0) is 43.9 Å². The summed E-state index contributed by atoms with van der Waals surface area (Å²) in [4.78, 5) is 25.7. The van der Waals surface area contributed by atoms with Gasteiger partial charge in [0.15, 0.2) is 0 Å². The number of piperidine rings is 1. The highest BCUT2D eigenvalue weighted by Crippen LogP contribution is 2.29. The molecule has 2 fully saturated rings. The van der Waals surface area contributed by atoms with E-state index in [0.29, 0.717) is 23.2 Å². The number of fused-ring (bicyclic) bond motifs is 2. The van der Waals surface area contributed by atoms with Crippen molar-refractivity contribution in [3.63, 3.8) is 0 Å². The largest absolute Gasteiger partial charge is 0.366 e. The normalized spacial score (nSPS) is 26.1. The molecular formula is C16H22ClN3O2. The molecule has 1 aromatic rings. The van der Waals surface area contributed by atoms with Crippen molar-refractivity contribution in [1.29, 1.82) is 0 Å². The van der Waals surface area contributed by atoms with Crippen molar-refractivity contribution in [3.05, 3.63) is 35.4 Å². The Bertz CT molecular complexity index is 566. The van der Waals surface area contributed by atoms with Crippen molar-refractivity contribution < 1.29 is 9.59 Å². The van der Waals surface area contributed by atoms with E-state index in [1.54, 1.807) is 24.3 Å². The Morgan fingerprint density at radius 1 is 1.18 bits per heavy atom. The Hall–Kier alpha value is -1.59. The fourth-order valence-corrected chi connectivity index (χ4v) is 3.52. The number of nitrogens with two attached hydrogens (primary N) is 1. The van der Waals surface area contributed by atoms with Gasteiger partial charge in [-0.3, -0.25) is 9.59 Å². The third kappa shape index (κ3) is 3.25. The van der Waals surface area contributed by atoms with Crippen molar-refractivity contribution >= 4 is 24.2 Å². The number of halogens is 1. The first-order chi connectivity index (χ1) is 10.0. The molecule has 0 aliphatic carbocycles. The summed E-state index contributed by atoms with van der Waals surface area (Å²) >= 11 is 0. The number of amides is 2. The molecule has 0 aromatic heterocycles. The van der Waals surface area contributed by atoms with E-state index >= 15 is 0 Å². The average Bonchev–Trinajstić information content (AvgIpc) is 2.84. The van der Waals surface area contributed by atoms with Gasteiger partial charge in [0.2, 0.25) is 5.91 Å².